The number of aliphatic hydroxyl groups is 1. The van der Waals surface area contributed by atoms with Gasteiger partial charge in [0, 0.05) is 22.7 Å². The topological polar surface area (TPSA) is 49.3 Å². The quantitative estimate of drug-likeness (QED) is 0.793. The Bertz CT molecular complexity index is 779. The second-order valence-electron chi connectivity index (χ2n) is 5.91. The molecule has 3 nitrogen and oxygen atoms in total. The number of hydrogen-bond acceptors (Lipinski definition) is 2. The molecule has 22 heavy (non-hydrogen) atoms. The summed E-state index contributed by atoms with van der Waals surface area (Å²) < 4.78 is 0. The number of nitrogens with one attached hydrogen (secondary N) is 1. The first-order valence-corrected chi connectivity index (χ1v) is 7.62. The van der Waals surface area contributed by atoms with Crippen molar-refractivity contribution in [3.63, 3.8) is 0 Å². The third-order valence-electron chi connectivity index (χ3n) is 4.59. The largest absolute Gasteiger partial charge is 0.392 e. The Balaban J connectivity index is 1.81. The van der Waals surface area contributed by atoms with Crippen molar-refractivity contribution >= 4 is 17.2 Å². The summed E-state index contributed by atoms with van der Waals surface area (Å²) in [6.07, 6.45) is 3.11. The van der Waals surface area contributed by atoms with Gasteiger partial charge in [-0.25, -0.2) is 0 Å². The molecule has 2 aliphatic rings. The van der Waals surface area contributed by atoms with Crippen molar-refractivity contribution in [1.82, 2.24) is 0 Å². The van der Waals surface area contributed by atoms with Gasteiger partial charge in [-0.1, -0.05) is 48.5 Å². The van der Waals surface area contributed by atoms with E-state index in [-0.39, 0.29) is 11.8 Å². The van der Waals surface area contributed by atoms with Gasteiger partial charge in [-0.05, 0) is 30.0 Å². The SMILES string of the molecule is O=C1Nc2ccccc2C1=CC1c2ccccc2CCC1O. The summed E-state index contributed by atoms with van der Waals surface area (Å²) in [5.41, 5.74) is 4.82. The number of carbonyl (C=O) groups is 1. The Morgan fingerprint density at radius 3 is 2.77 bits per heavy atom. The summed E-state index contributed by atoms with van der Waals surface area (Å²) in [6.45, 7) is 0. The van der Waals surface area contributed by atoms with Crippen LogP contribution in [0.1, 0.15) is 29.0 Å². The number of aliphatic hydroxyl groups excluding tert-OH is 1. The van der Waals surface area contributed by atoms with Crippen molar-refractivity contribution in [3.8, 4) is 0 Å². The fraction of sp³-hybridized carbons (Fsp3) is 0.211. The van der Waals surface area contributed by atoms with E-state index in [9.17, 15) is 9.90 Å². The predicted molar refractivity (Wildman–Crippen MR) is 86.6 cm³/mol. The number of anilines is 1. The number of hydrogen-bond donors (Lipinski definition) is 2. The van der Waals surface area contributed by atoms with Crippen LogP contribution < -0.4 is 5.32 Å². The lowest BCUT2D eigenvalue weighted by atomic mass is 9.79. The number of rotatable bonds is 1. The third-order valence-corrected chi connectivity index (χ3v) is 4.59. The molecule has 1 aliphatic carbocycles. The van der Waals surface area contributed by atoms with Gasteiger partial charge in [0.15, 0.2) is 0 Å². The number of fused-ring (bicyclic) bond motifs is 2. The second kappa shape index (κ2) is 5.11. The van der Waals surface area contributed by atoms with E-state index in [2.05, 4.69) is 17.4 Å². The molecule has 3 heteroatoms. The lowest BCUT2D eigenvalue weighted by molar-refractivity contribution is -0.110. The summed E-state index contributed by atoms with van der Waals surface area (Å²) >= 11 is 0. The smallest absolute Gasteiger partial charge is 0.256 e. The van der Waals surface area contributed by atoms with E-state index in [0.29, 0.717) is 5.57 Å². The van der Waals surface area contributed by atoms with Gasteiger partial charge in [-0.3, -0.25) is 4.79 Å². The average Bonchev–Trinajstić information content (AvgIpc) is 2.86. The standard InChI is InChI=1S/C19H17NO2/c21-18-10-9-12-5-1-2-6-13(12)15(18)11-16-14-7-3-4-8-17(14)20-19(16)22/h1-8,11,15,18,21H,9-10H2,(H,20,22). The molecule has 2 unspecified atom stereocenters. The lowest BCUT2D eigenvalue weighted by Gasteiger charge is -2.28. The summed E-state index contributed by atoms with van der Waals surface area (Å²) in [6, 6.07) is 15.9. The summed E-state index contributed by atoms with van der Waals surface area (Å²) in [4.78, 5) is 12.3. The maximum absolute atomic E-state index is 12.3. The molecule has 0 fully saturated rings. The Hall–Kier alpha value is -2.39. The molecule has 2 N–H and O–H groups in total. The van der Waals surface area contributed by atoms with Gasteiger partial charge < -0.3 is 10.4 Å². The molecule has 110 valence electrons. The fourth-order valence-electron chi connectivity index (χ4n) is 3.46. The third kappa shape index (κ3) is 2.06. The molecule has 2 atom stereocenters. The molecule has 2 aromatic rings. The molecule has 4 rings (SSSR count). The summed E-state index contributed by atoms with van der Waals surface area (Å²) in [7, 11) is 0. The maximum atomic E-state index is 12.3. The molecule has 0 saturated heterocycles. The van der Waals surface area contributed by atoms with Gasteiger partial charge in [0.2, 0.25) is 0 Å². The Morgan fingerprint density at radius 2 is 1.86 bits per heavy atom. The van der Waals surface area contributed by atoms with Crippen molar-refractivity contribution in [1.29, 1.82) is 0 Å². The summed E-state index contributed by atoms with van der Waals surface area (Å²) in [5, 5.41) is 13.3. The van der Waals surface area contributed by atoms with Gasteiger partial charge in [0.1, 0.15) is 0 Å². The molecule has 0 bridgehead atoms. The molecule has 1 amide bonds. The first-order valence-electron chi connectivity index (χ1n) is 7.62. The van der Waals surface area contributed by atoms with Crippen LogP contribution in [0.3, 0.4) is 0 Å². The zero-order valence-corrected chi connectivity index (χ0v) is 12.1. The van der Waals surface area contributed by atoms with E-state index in [1.54, 1.807) is 0 Å². The molecule has 1 heterocycles. The Morgan fingerprint density at radius 1 is 1.09 bits per heavy atom. The molecular formula is C19H17NO2. The monoisotopic (exact) mass is 291 g/mol. The minimum atomic E-state index is -0.442. The molecular weight excluding hydrogens is 274 g/mol. The van der Waals surface area contributed by atoms with Crippen LogP contribution >= 0.6 is 0 Å². The molecule has 0 spiro atoms. The van der Waals surface area contributed by atoms with Crippen LogP contribution in [0.2, 0.25) is 0 Å². The van der Waals surface area contributed by atoms with Crippen LogP contribution in [0.5, 0.6) is 0 Å². The van der Waals surface area contributed by atoms with E-state index in [4.69, 9.17) is 0 Å². The van der Waals surface area contributed by atoms with Crippen molar-refractivity contribution in [3.05, 3.63) is 71.3 Å². The van der Waals surface area contributed by atoms with Crippen LogP contribution in [0.15, 0.2) is 54.6 Å². The highest BCUT2D eigenvalue weighted by Crippen LogP contribution is 2.38. The zero-order valence-electron chi connectivity index (χ0n) is 12.1. The molecule has 0 saturated carbocycles. The van der Waals surface area contributed by atoms with E-state index < -0.39 is 6.10 Å². The van der Waals surface area contributed by atoms with Gasteiger partial charge in [0.05, 0.1) is 6.10 Å². The highest BCUT2D eigenvalue weighted by molar-refractivity contribution is 6.31. The normalized spacial score (nSPS) is 24.8. The van der Waals surface area contributed by atoms with Gasteiger partial charge in [-0.2, -0.15) is 0 Å². The number of para-hydroxylation sites is 1. The first kappa shape index (κ1) is 13.3. The van der Waals surface area contributed by atoms with Crippen molar-refractivity contribution in [2.24, 2.45) is 0 Å². The predicted octanol–water partition coefficient (Wildman–Crippen LogP) is 3.11. The zero-order chi connectivity index (χ0) is 15.1. The van der Waals surface area contributed by atoms with Gasteiger partial charge >= 0.3 is 0 Å². The highest BCUT2D eigenvalue weighted by atomic mass is 16.3. The van der Waals surface area contributed by atoms with Crippen LogP contribution in [-0.2, 0) is 11.2 Å². The second-order valence-corrected chi connectivity index (χ2v) is 5.91. The van der Waals surface area contributed by atoms with E-state index >= 15 is 0 Å². The van der Waals surface area contributed by atoms with Crippen molar-refractivity contribution < 1.29 is 9.90 Å². The van der Waals surface area contributed by atoms with Crippen LogP contribution in [0, 0.1) is 0 Å². The average molecular weight is 291 g/mol. The Kier molecular flexibility index (Phi) is 3.09. The van der Waals surface area contributed by atoms with Crippen LogP contribution in [-0.4, -0.2) is 17.1 Å². The van der Waals surface area contributed by atoms with E-state index in [1.165, 1.54) is 5.56 Å². The van der Waals surface area contributed by atoms with E-state index in [0.717, 1.165) is 29.7 Å². The minimum Gasteiger partial charge on any atom is -0.392 e. The highest BCUT2D eigenvalue weighted by Gasteiger charge is 2.30. The van der Waals surface area contributed by atoms with Crippen LogP contribution in [0.25, 0.3) is 5.57 Å². The van der Waals surface area contributed by atoms with Crippen molar-refractivity contribution in [2.75, 3.05) is 5.32 Å². The number of benzene rings is 2. The first-order chi connectivity index (χ1) is 10.7. The van der Waals surface area contributed by atoms with Gasteiger partial charge in [-0.15, -0.1) is 0 Å². The number of aryl methyl sites for hydroxylation is 1. The summed E-state index contributed by atoms with van der Waals surface area (Å²) in [5.74, 6) is -0.215. The number of carbonyl (C=O) groups excluding carboxylic acids is 1. The fourth-order valence-corrected chi connectivity index (χ4v) is 3.46. The molecule has 2 aromatic carbocycles. The molecule has 0 aromatic heterocycles. The maximum Gasteiger partial charge on any atom is 0.256 e. The molecule has 1 aliphatic heterocycles. The van der Waals surface area contributed by atoms with Gasteiger partial charge in [0.25, 0.3) is 5.91 Å². The number of amides is 1. The Labute approximate surface area is 129 Å². The minimum absolute atomic E-state index is 0.0866. The van der Waals surface area contributed by atoms with Crippen LogP contribution in [0.4, 0.5) is 5.69 Å². The van der Waals surface area contributed by atoms with Crippen molar-refractivity contribution in [2.45, 2.75) is 24.9 Å². The molecule has 0 radical (unpaired) electrons. The van der Waals surface area contributed by atoms with E-state index in [1.807, 2.05) is 42.5 Å². The lowest BCUT2D eigenvalue weighted by Crippen LogP contribution is -2.24.